The maximum atomic E-state index is 13.5. The van der Waals surface area contributed by atoms with Crippen molar-refractivity contribution in [2.45, 2.75) is 89.3 Å². The molecular weight excluding hydrogens is 588 g/mol. The van der Waals surface area contributed by atoms with Gasteiger partial charge in [-0.1, -0.05) is 56.8 Å². The van der Waals surface area contributed by atoms with Gasteiger partial charge in [-0.05, 0) is 81.1 Å². The Balaban J connectivity index is 1.18. The number of benzene rings is 2. The third kappa shape index (κ3) is 7.14. The number of hydrogen-bond donors (Lipinski definition) is 5. The molecular formula is C35H51ClN6O3. The van der Waals surface area contributed by atoms with Gasteiger partial charge in [-0.2, -0.15) is 0 Å². The highest BCUT2D eigenvalue weighted by Crippen LogP contribution is 2.43. The van der Waals surface area contributed by atoms with Gasteiger partial charge in [0.1, 0.15) is 18.2 Å². The summed E-state index contributed by atoms with van der Waals surface area (Å²) in [5, 5.41) is 17.2. The first-order chi connectivity index (χ1) is 21.8. The largest absolute Gasteiger partial charge is 0.493 e. The lowest BCUT2D eigenvalue weighted by atomic mass is 9.69. The van der Waals surface area contributed by atoms with Gasteiger partial charge in [-0.25, -0.2) is 10.4 Å². The summed E-state index contributed by atoms with van der Waals surface area (Å²) >= 11 is 6.18. The van der Waals surface area contributed by atoms with E-state index in [0.29, 0.717) is 29.5 Å². The summed E-state index contributed by atoms with van der Waals surface area (Å²) in [6.07, 6.45) is 8.44. The predicted molar refractivity (Wildman–Crippen MR) is 179 cm³/mol. The summed E-state index contributed by atoms with van der Waals surface area (Å²) in [5.74, 6) is 1.07. The van der Waals surface area contributed by atoms with E-state index in [1.54, 1.807) is 0 Å². The van der Waals surface area contributed by atoms with E-state index in [2.05, 4.69) is 58.7 Å². The van der Waals surface area contributed by atoms with Crippen LogP contribution in [0, 0.1) is 11.3 Å². The lowest BCUT2D eigenvalue weighted by Crippen LogP contribution is -2.60. The van der Waals surface area contributed by atoms with Crippen LogP contribution >= 0.6 is 11.6 Å². The number of nitrogens with one attached hydrogen (secondary N) is 5. The van der Waals surface area contributed by atoms with Crippen LogP contribution in [0.4, 0.5) is 5.69 Å². The smallest absolute Gasteiger partial charge is 0.251 e. The lowest BCUT2D eigenvalue weighted by molar-refractivity contribution is -0.0873. The Bertz CT molecular complexity index is 1320. The second-order valence-electron chi connectivity index (χ2n) is 13.8. The van der Waals surface area contributed by atoms with Crippen molar-refractivity contribution in [2.24, 2.45) is 11.3 Å². The number of hydrogen-bond acceptors (Lipinski definition) is 8. The molecule has 45 heavy (non-hydrogen) atoms. The number of likely N-dealkylation sites (N-methyl/N-ethyl adjacent to an activating group) is 1. The molecule has 3 fully saturated rings. The van der Waals surface area contributed by atoms with Gasteiger partial charge in [0.15, 0.2) is 0 Å². The summed E-state index contributed by atoms with van der Waals surface area (Å²) < 4.78 is 12.8. The van der Waals surface area contributed by atoms with Crippen molar-refractivity contribution in [1.29, 1.82) is 0 Å². The van der Waals surface area contributed by atoms with Crippen molar-refractivity contribution in [3.63, 3.8) is 0 Å². The molecule has 3 saturated heterocycles. The van der Waals surface area contributed by atoms with Crippen LogP contribution < -0.4 is 31.4 Å². The Morgan fingerprint density at radius 1 is 1.09 bits per heavy atom. The summed E-state index contributed by atoms with van der Waals surface area (Å²) in [7, 11) is 2.12. The minimum atomic E-state index is -0.318. The van der Waals surface area contributed by atoms with Crippen LogP contribution in [0.15, 0.2) is 42.5 Å². The fraction of sp³-hybridized carbons (Fsp3) is 0.629. The van der Waals surface area contributed by atoms with E-state index < -0.39 is 0 Å². The van der Waals surface area contributed by atoms with Gasteiger partial charge in [0.25, 0.3) is 5.91 Å². The number of fused-ring (bicyclic) bond motifs is 1. The van der Waals surface area contributed by atoms with Crippen LogP contribution in [0.1, 0.15) is 87.2 Å². The summed E-state index contributed by atoms with van der Waals surface area (Å²) in [6.45, 7) is 9.12. The number of nitrogens with zero attached hydrogens (tertiary/aromatic N) is 1. The zero-order valence-electron chi connectivity index (χ0n) is 27.1. The molecule has 4 aliphatic rings. The van der Waals surface area contributed by atoms with Crippen LogP contribution in [0.5, 0.6) is 5.75 Å². The van der Waals surface area contributed by atoms with Gasteiger partial charge in [-0.3, -0.25) is 4.79 Å². The first-order valence-corrected chi connectivity index (χ1v) is 17.4. The second kappa shape index (κ2) is 14.2. The van der Waals surface area contributed by atoms with Gasteiger partial charge in [0.2, 0.25) is 0 Å². The summed E-state index contributed by atoms with van der Waals surface area (Å²) in [6, 6.07) is 13.3. The highest BCUT2D eigenvalue weighted by atomic mass is 35.5. The number of carbonyl (C=O) groups is 1. The Hall–Kier alpha value is -2.40. The molecule has 0 bridgehead atoms. The minimum absolute atomic E-state index is 0.0309. The van der Waals surface area contributed by atoms with Crippen molar-refractivity contribution < 1.29 is 14.3 Å². The first-order valence-electron chi connectivity index (χ1n) is 17.0. The number of ether oxygens (including phenoxy) is 2. The first kappa shape index (κ1) is 32.5. The minimum Gasteiger partial charge on any atom is -0.493 e. The molecule has 4 heterocycles. The van der Waals surface area contributed by atoms with Crippen molar-refractivity contribution in [2.75, 3.05) is 45.2 Å². The van der Waals surface area contributed by atoms with E-state index >= 15 is 0 Å². The van der Waals surface area contributed by atoms with E-state index in [1.807, 2.05) is 36.4 Å². The van der Waals surface area contributed by atoms with Crippen LogP contribution in [-0.2, 0) is 4.74 Å². The van der Waals surface area contributed by atoms with Gasteiger partial charge in [0, 0.05) is 47.8 Å². The standard InChI is InChI=1S/C35H51ClN6O3/c1-4-5-6-14-34(2)23-38-17-12-28(34)32-41-42(3)33(45-32)35(15-18-37-19-16-35)40-26-9-7-8-24(21-26)31(43)39-29-13-20-44-30-22-25(36)10-11-27(29)30/h7-11,21-22,28-29,32-33,37-38,40-41H,4-6,12-20,23H2,1-3H3,(H,39,43)/t28?,29-,32?,33?,34?/m1/s1. The molecule has 246 valence electrons. The summed E-state index contributed by atoms with van der Waals surface area (Å²) in [4.78, 5) is 13.5. The molecule has 4 unspecified atom stereocenters. The normalized spacial score (nSPS) is 29.9. The second-order valence-corrected chi connectivity index (χ2v) is 14.2. The van der Waals surface area contributed by atoms with Crippen molar-refractivity contribution >= 4 is 23.2 Å². The summed E-state index contributed by atoms with van der Waals surface area (Å²) in [5.41, 5.74) is 6.14. The molecule has 10 heteroatoms. The number of unbranched alkanes of at least 4 members (excludes halogenated alkanes) is 2. The molecule has 0 spiro atoms. The van der Waals surface area contributed by atoms with E-state index in [4.69, 9.17) is 21.1 Å². The molecule has 5 atom stereocenters. The fourth-order valence-electron chi connectivity index (χ4n) is 7.98. The van der Waals surface area contributed by atoms with Gasteiger partial charge in [-0.15, -0.1) is 0 Å². The van der Waals surface area contributed by atoms with Gasteiger partial charge < -0.3 is 30.7 Å². The third-order valence-electron chi connectivity index (χ3n) is 10.5. The molecule has 0 aromatic heterocycles. The van der Waals surface area contributed by atoms with E-state index in [9.17, 15) is 4.79 Å². The third-order valence-corrected chi connectivity index (χ3v) is 10.8. The molecule has 0 radical (unpaired) electrons. The van der Waals surface area contributed by atoms with Gasteiger partial charge in [0.05, 0.1) is 18.2 Å². The maximum Gasteiger partial charge on any atom is 0.251 e. The van der Waals surface area contributed by atoms with E-state index in [-0.39, 0.29) is 35.4 Å². The van der Waals surface area contributed by atoms with Crippen molar-refractivity contribution in [3.8, 4) is 5.75 Å². The Labute approximate surface area is 273 Å². The molecule has 9 nitrogen and oxygen atoms in total. The van der Waals surface area contributed by atoms with Crippen LogP contribution in [0.2, 0.25) is 5.02 Å². The average Bonchev–Trinajstić information content (AvgIpc) is 3.43. The SMILES string of the molecule is CCCCCC1(C)CNCCC1C1NN(C)C(C2(Nc3cccc(C(=O)N[C@@H]4CCOc5cc(Cl)ccc54)c3)CCNCC2)O1. The number of amides is 1. The molecule has 5 N–H and O–H groups in total. The zero-order valence-corrected chi connectivity index (χ0v) is 27.8. The molecule has 2 aromatic carbocycles. The number of hydrazine groups is 1. The number of carbonyl (C=O) groups excluding carboxylic acids is 1. The number of piperidine rings is 2. The van der Waals surface area contributed by atoms with Crippen LogP contribution in [0.3, 0.4) is 0 Å². The highest BCUT2D eigenvalue weighted by Gasteiger charge is 2.52. The predicted octanol–water partition coefficient (Wildman–Crippen LogP) is 5.44. The van der Waals surface area contributed by atoms with E-state index in [0.717, 1.165) is 62.4 Å². The fourth-order valence-corrected chi connectivity index (χ4v) is 8.14. The lowest BCUT2D eigenvalue weighted by Gasteiger charge is -2.46. The topological polar surface area (TPSA) is 98.9 Å². The van der Waals surface area contributed by atoms with E-state index in [1.165, 1.54) is 25.7 Å². The maximum absolute atomic E-state index is 13.5. The number of rotatable bonds is 10. The molecule has 2 aromatic rings. The quantitative estimate of drug-likeness (QED) is 0.220. The zero-order chi connectivity index (χ0) is 31.4. The number of halogens is 1. The Morgan fingerprint density at radius 2 is 1.93 bits per heavy atom. The number of anilines is 1. The van der Waals surface area contributed by atoms with Crippen molar-refractivity contribution in [3.05, 3.63) is 58.6 Å². The van der Waals surface area contributed by atoms with Crippen LogP contribution in [-0.4, -0.2) is 68.7 Å². The van der Waals surface area contributed by atoms with Crippen LogP contribution in [0.25, 0.3) is 0 Å². The molecule has 6 rings (SSSR count). The highest BCUT2D eigenvalue weighted by molar-refractivity contribution is 6.30. The molecule has 0 saturated carbocycles. The Kier molecular flexibility index (Phi) is 10.2. The van der Waals surface area contributed by atoms with Gasteiger partial charge >= 0.3 is 0 Å². The molecule has 0 aliphatic carbocycles. The Morgan fingerprint density at radius 3 is 2.76 bits per heavy atom. The average molecular weight is 639 g/mol. The molecule has 4 aliphatic heterocycles. The monoisotopic (exact) mass is 638 g/mol. The van der Waals surface area contributed by atoms with Crippen molar-refractivity contribution in [1.82, 2.24) is 26.4 Å². The molecule has 1 amide bonds.